The minimum absolute atomic E-state index is 0.496. The third-order valence-corrected chi connectivity index (χ3v) is 3.58. The Balaban J connectivity index is 1.90. The fraction of sp³-hybridized carbons (Fsp3) is 0.0625. The van der Waals surface area contributed by atoms with E-state index < -0.39 is 0 Å². The van der Waals surface area contributed by atoms with Gasteiger partial charge in [0, 0.05) is 30.6 Å². The molecule has 0 saturated carbocycles. The van der Waals surface area contributed by atoms with Gasteiger partial charge in [-0.3, -0.25) is 9.08 Å². The highest BCUT2D eigenvalue weighted by Gasteiger charge is 2.09. The summed E-state index contributed by atoms with van der Waals surface area (Å²) >= 11 is 0. The van der Waals surface area contributed by atoms with E-state index in [1.165, 1.54) is 0 Å². The first-order chi connectivity index (χ1) is 10.7. The third-order valence-electron chi connectivity index (χ3n) is 3.58. The Hall–Kier alpha value is -3.15. The predicted molar refractivity (Wildman–Crippen MR) is 85.0 cm³/mol. The van der Waals surface area contributed by atoms with Crippen molar-refractivity contribution in [1.82, 2.24) is 24.1 Å². The van der Waals surface area contributed by atoms with Gasteiger partial charge in [-0.05, 0) is 24.3 Å². The molecule has 0 unspecified atom stereocenters. The first-order valence-electron chi connectivity index (χ1n) is 6.90. The van der Waals surface area contributed by atoms with Crippen LogP contribution in [0.5, 0.6) is 0 Å². The Morgan fingerprint density at radius 1 is 1.00 bits per heavy atom. The van der Waals surface area contributed by atoms with Crippen molar-refractivity contribution >= 4 is 11.5 Å². The molecule has 4 heterocycles. The normalized spacial score (nSPS) is 11.1. The maximum Gasteiger partial charge on any atom is 0.137 e. The molecular formula is C16H14N6. The van der Waals surface area contributed by atoms with E-state index in [0.717, 1.165) is 28.2 Å². The first-order valence-corrected chi connectivity index (χ1v) is 6.90. The quantitative estimate of drug-likeness (QED) is 0.615. The predicted octanol–water partition coefficient (Wildman–Crippen LogP) is 2.38. The largest absolute Gasteiger partial charge is 0.384 e. The molecule has 0 aliphatic heterocycles. The number of nitrogens with two attached hydrogens (primary N) is 1. The van der Waals surface area contributed by atoms with Gasteiger partial charge in [-0.2, -0.15) is 5.10 Å². The number of hydrogen-bond donors (Lipinski definition) is 1. The molecule has 0 aliphatic carbocycles. The maximum absolute atomic E-state index is 5.78. The lowest BCUT2D eigenvalue weighted by molar-refractivity contribution is 0.768. The Morgan fingerprint density at radius 2 is 1.91 bits per heavy atom. The summed E-state index contributed by atoms with van der Waals surface area (Å²) in [7, 11) is 1.90. The topological polar surface area (TPSA) is 74.0 Å². The van der Waals surface area contributed by atoms with E-state index in [0.29, 0.717) is 5.82 Å². The lowest BCUT2D eigenvalue weighted by atomic mass is 10.1. The van der Waals surface area contributed by atoms with Crippen LogP contribution in [0.4, 0.5) is 5.82 Å². The van der Waals surface area contributed by atoms with E-state index in [1.54, 1.807) is 10.7 Å². The second kappa shape index (κ2) is 4.70. The highest BCUT2D eigenvalue weighted by atomic mass is 15.2. The van der Waals surface area contributed by atoms with Crippen LogP contribution in [0, 0.1) is 0 Å². The van der Waals surface area contributed by atoms with Crippen LogP contribution < -0.4 is 5.73 Å². The van der Waals surface area contributed by atoms with Crippen molar-refractivity contribution in [3.63, 3.8) is 0 Å². The van der Waals surface area contributed by atoms with Gasteiger partial charge in [-0.1, -0.05) is 6.07 Å². The number of anilines is 1. The highest BCUT2D eigenvalue weighted by molar-refractivity contribution is 5.67. The second-order valence-corrected chi connectivity index (χ2v) is 5.14. The molecule has 0 aliphatic rings. The number of nitrogen functional groups attached to an aromatic ring is 1. The smallest absolute Gasteiger partial charge is 0.137 e. The zero-order valence-corrected chi connectivity index (χ0v) is 12.0. The lowest BCUT2D eigenvalue weighted by Gasteiger charge is -2.04. The van der Waals surface area contributed by atoms with Crippen molar-refractivity contribution in [3.8, 4) is 22.5 Å². The number of fused-ring (bicyclic) bond motifs is 1. The summed E-state index contributed by atoms with van der Waals surface area (Å²) in [6, 6.07) is 9.61. The van der Waals surface area contributed by atoms with Crippen molar-refractivity contribution in [2.24, 2.45) is 7.05 Å². The van der Waals surface area contributed by atoms with Gasteiger partial charge in [0.1, 0.15) is 11.5 Å². The number of aromatic nitrogens is 5. The SMILES string of the molecule is Cn1cc(-c2ccc3ncc(-c4cccc(N)n4)n3c2)cn1. The molecule has 0 radical (unpaired) electrons. The molecule has 4 rings (SSSR count). The summed E-state index contributed by atoms with van der Waals surface area (Å²) in [5.74, 6) is 0.496. The van der Waals surface area contributed by atoms with Gasteiger partial charge in [0.05, 0.1) is 23.8 Å². The Labute approximate surface area is 126 Å². The standard InChI is InChI=1S/C16H14N6/c1-21-9-12(7-19-21)11-5-6-16-18-8-14(22(16)10-11)13-3-2-4-15(17)20-13/h2-10H,1H3,(H2,17,20). The van der Waals surface area contributed by atoms with E-state index >= 15 is 0 Å². The molecule has 4 aromatic heterocycles. The van der Waals surface area contributed by atoms with Gasteiger partial charge < -0.3 is 5.73 Å². The van der Waals surface area contributed by atoms with E-state index in [2.05, 4.69) is 15.1 Å². The molecule has 0 aromatic carbocycles. The molecule has 6 heteroatoms. The average molecular weight is 290 g/mol. The zero-order chi connectivity index (χ0) is 15.1. The fourth-order valence-electron chi connectivity index (χ4n) is 2.51. The van der Waals surface area contributed by atoms with Crippen LogP contribution in [-0.2, 0) is 7.05 Å². The number of pyridine rings is 2. The molecule has 0 spiro atoms. The summed E-state index contributed by atoms with van der Waals surface area (Å²) in [6.07, 6.45) is 7.68. The van der Waals surface area contributed by atoms with Gasteiger partial charge in [-0.15, -0.1) is 0 Å². The number of imidazole rings is 1. The summed E-state index contributed by atoms with van der Waals surface area (Å²) in [5, 5.41) is 4.22. The highest BCUT2D eigenvalue weighted by Crippen LogP contribution is 2.24. The molecule has 0 bridgehead atoms. The number of aryl methyl sites for hydroxylation is 1. The Morgan fingerprint density at radius 3 is 2.68 bits per heavy atom. The van der Waals surface area contributed by atoms with Crippen LogP contribution in [0.3, 0.4) is 0 Å². The minimum atomic E-state index is 0.496. The Kier molecular flexibility index (Phi) is 2.69. The van der Waals surface area contributed by atoms with Crippen LogP contribution in [0.15, 0.2) is 55.1 Å². The van der Waals surface area contributed by atoms with Gasteiger partial charge in [-0.25, -0.2) is 9.97 Å². The molecular weight excluding hydrogens is 276 g/mol. The molecule has 4 aromatic rings. The van der Waals surface area contributed by atoms with Crippen molar-refractivity contribution in [2.45, 2.75) is 0 Å². The molecule has 6 nitrogen and oxygen atoms in total. The first kappa shape index (κ1) is 12.6. The van der Waals surface area contributed by atoms with Crippen molar-refractivity contribution in [2.75, 3.05) is 5.73 Å². The van der Waals surface area contributed by atoms with Gasteiger partial charge >= 0.3 is 0 Å². The van der Waals surface area contributed by atoms with Crippen molar-refractivity contribution in [3.05, 3.63) is 55.1 Å². The molecule has 2 N–H and O–H groups in total. The van der Waals surface area contributed by atoms with Crippen LogP contribution in [0.25, 0.3) is 28.2 Å². The second-order valence-electron chi connectivity index (χ2n) is 5.14. The average Bonchev–Trinajstić information content (AvgIpc) is 3.12. The molecule has 108 valence electrons. The summed E-state index contributed by atoms with van der Waals surface area (Å²) in [4.78, 5) is 8.80. The molecule has 0 saturated heterocycles. The number of hydrogen-bond acceptors (Lipinski definition) is 4. The van der Waals surface area contributed by atoms with E-state index in [1.807, 2.05) is 60.5 Å². The molecule has 0 amide bonds. The maximum atomic E-state index is 5.78. The summed E-state index contributed by atoms with van der Waals surface area (Å²) in [5.41, 5.74) is 10.5. The summed E-state index contributed by atoms with van der Waals surface area (Å²) in [6.45, 7) is 0. The number of nitrogens with zero attached hydrogens (tertiary/aromatic N) is 5. The molecule has 0 fully saturated rings. The van der Waals surface area contributed by atoms with Gasteiger partial charge in [0.15, 0.2) is 0 Å². The fourth-order valence-corrected chi connectivity index (χ4v) is 2.51. The molecule has 0 atom stereocenters. The Bertz CT molecular complexity index is 966. The van der Waals surface area contributed by atoms with E-state index in [4.69, 9.17) is 5.73 Å². The third kappa shape index (κ3) is 2.01. The monoisotopic (exact) mass is 290 g/mol. The lowest BCUT2D eigenvalue weighted by Crippen LogP contribution is -1.94. The van der Waals surface area contributed by atoms with E-state index in [9.17, 15) is 0 Å². The van der Waals surface area contributed by atoms with Crippen molar-refractivity contribution < 1.29 is 0 Å². The van der Waals surface area contributed by atoms with Crippen LogP contribution in [0.2, 0.25) is 0 Å². The van der Waals surface area contributed by atoms with Crippen LogP contribution in [0.1, 0.15) is 0 Å². The number of rotatable bonds is 2. The summed E-state index contributed by atoms with van der Waals surface area (Å²) < 4.78 is 3.80. The van der Waals surface area contributed by atoms with Gasteiger partial charge in [0.2, 0.25) is 0 Å². The zero-order valence-electron chi connectivity index (χ0n) is 12.0. The molecule has 22 heavy (non-hydrogen) atoms. The van der Waals surface area contributed by atoms with Crippen molar-refractivity contribution in [1.29, 1.82) is 0 Å². The van der Waals surface area contributed by atoms with Crippen LogP contribution >= 0.6 is 0 Å². The minimum Gasteiger partial charge on any atom is -0.384 e. The van der Waals surface area contributed by atoms with Crippen LogP contribution in [-0.4, -0.2) is 24.1 Å². The van der Waals surface area contributed by atoms with Gasteiger partial charge in [0.25, 0.3) is 0 Å². The van der Waals surface area contributed by atoms with E-state index in [-0.39, 0.29) is 0 Å².